The van der Waals surface area contributed by atoms with Gasteiger partial charge < -0.3 is 34.5 Å². The lowest BCUT2D eigenvalue weighted by Gasteiger charge is -2.45. The molecule has 2 N–H and O–H groups in total. The maximum Gasteiger partial charge on any atom is 0.319 e. The Morgan fingerprint density at radius 1 is 1.16 bits per heavy atom. The molecule has 0 spiro atoms. The van der Waals surface area contributed by atoms with Crippen LogP contribution in [-0.4, -0.2) is 56.6 Å². The largest absolute Gasteiger partial charge is 0.490 e. The number of rotatable bonds is 7. The van der Waals surface area contributed by atoms with E-state index < -0.39 is 11.8 Å². The number of hydrogen-bond acceptors (Lipinski definition) is 6. The van der Waals surface area contributed by atoms with Crippen LogP contribution in [0.15, 0.2) is 30.3 Å². The van der Waals surface area contributed by atoms with E-state index in [4.69, 9.17) is 18.9 Å². The van der Waals surface area contributed by atoms with E-state index in [2.05, 4.69) is 34.7 Å². The minimum atomic E-state index is -0.512. The highest BCUT2D eigenvalue weighted by Crippen LogP contribution is 2.50. The second-order valence-corrected chi connectivity index (χ2v) is 10.1. The van der Waals surface area contributed by atoms with Crippen LogP contribution in [0.25, 0.3) is 0 Å². The van der Waals surface area contributed by atoms with Crippen LogP contribution in [-0.2, 0) is 16.8 Å². The van der Waals surface area contributed by atoms with E-state index in [-0.39, 0.29) is 36.6 Å². The summed E-state index contributed by atoms with van der Waals surface area (Å²) < 4.78 is 36.9. The predicted octanol–water partition coefficient (Wildman–Crippen LogP) is 4.81. The van der Waals surface area contributed by atoms with Crippen molar-refractivity contribution >= 4 is 11.7 Å². The van der Waals surface area contributed by atoms with Gasteiger partial charge in [-0.15, -0.1) is 0 Å². The molecule has 1 saturated carbocycles. The van der Waals surface area contributed by atoms with Crippen LogP contribution in [0.3, 0.4) is 0 Å². The van der Waals surface area contributed by atoms with Gasteiger partial charge in [-0.1, -0.05) is 6.07 Å². The van der Waals surface area contributed by atoms with Crippen LogP contribution in [0.5, 0.6) is 17.2 Å². The van der Waals surface area contributed by atoms with Crippen LogP contribution in [0.2, 0.25) is 0 Å². The quantitative estimate of drug-likeness (QED) is 0.553. The van der Waals surface area contributed by atoms with Gasteiger partial charge in [-0.3, -0.25) is 0 Å². The Morgan fingerprint density at radius 3 is 2.78 bits per heavy atom. The second kappa shape index (κ2) is 10.8. The van der Waals surface area contributed by atoms with Gasteiger partial charge in [-0.2, -0.15) is 0 Å². The lowest BCUT2D eigenvalue weighted by atomic mass is 9.65. The smallest absolute Gasteiger partial charge is 0.319 e. The molecule has 37 heavy (non-hydrogen) atoms. The fourth-order valence-corrected chi connectivity index (χ4v) is 6.15. The Labute approximate surface area is 217 Å². The topological polar surface area (TPSA) is 81.3 Å². The monoisotopic (exact) mass is 513 g/mol. The van der Waals surface area contributed by atoms with Gasteiger partial charge in [-0.05, 0) is 76.9 Å². The zero-order valence-corrected chi connectivity index (χ0v) is 21.8. The zero-order valence-electron chi connectivity index (χ0n) is 21.8. The Morgan fingerprint density at radius 2 is 1.97 bits per heavy atom. The summed E-state index contributed by atoms with van der Waals surface area (Å²) in [4.78, 5) is 15.2. The third-order valence-electron chi connectivity index (χ3n) is 7.93. The Kier molecular flexibility index (Phi) is 7.44. The lowest BCUT2D eigenvalue weighted by molar-refractivity contribution is -0.0165. The summed E-state index contributed by atoms with van der Waals surface area (Å²) in [6, 6.07) is 9.05. The summed E-state index contributed by atoms with van der Waals surface area (Å²) in [7, 11) is 2.15. The fraction of sp³-hybridized carbons (Fsp3) is 0.536. The van der Waals surface area contributed by atoms with E-state index in [1.807, 2.05) is 19.9 Å². The molecule has 1 saturated heterocycles. The van der Waals surface area contributed by atoms with Gasteiger partial charge in [-0.25, -0.2) is 9.18 Å². The van der Waals surface area contributed by atoms with Gasteiger partial charge in [0, 0.05) is 29.1 Å². The number of benzene rings is 2. The molecule has 9 heteroatoms. The number of fused-ring (bicyclic) bond motifs is 2. The highest BCUT2D eigenvalue weighted by Gasteiger charge is 2.50. The van der Waals surface area contributed by atoms with E-state index in [1.54, 1.807) is 0 Å². The Balaban J connectivity index is 1.29. The molecule has 200 valence electrons. The number of likely N-dealkylation sites (N-methyl/N-ethyl adjacent to an activating group) is 1. The van der Waals surface area contributed by atoms with E-state index in [1.165, 1.54) is 17.7 Å². The minimum absolute atomic E-state index is 0.00991. The van der Waals surface area contributed by atoms with E-state index in [9.17, 15) is 9.18 Å². The highest BCUT2D eigenvalue weighted by molar-refractivity contribution is 5.90. The van der Waals surface area contributed by atoms with Gasteiger partial charge in [0.25, 0.3) is 0 Å². The first-order chi connectivity index (χ1) is 17.9. The molecule has 3 aliphatic rings. The molecule has 2 aromatic rings. The molecule has 8 nitrogen and oxygen atoms in total. The molecule has 3 unspecified atom stereocenters. The first kappa shape index (κ1) is 25.6. The molecule has 0 aromatic heterocycles. The summed E-state index contributed by atoms with van der Waals surface area (Å²) in [6.45, 7) is 6.50. The van der Waals surface area contributed by atoms with Gasteiger partial charge >= 0.3 is 6.03 Å². The summed E-state index contributed by atoms with van der Waals surface area (Å²) in [5.74, 6) is 1.57. The molecule has 2 heterocycles. The molecule has 2 aromatic carbocycles. The normalized spacial score (nSPS) is 25.0. The molecule has 5 rings (SSSR count). The number of nitrogens with one attached hydrogen (secondary N) is 2. The van der Waals surface area contributed by atoms with Gasteiger partial charge in [0.15, 0.2) is 18.3 Å². The number of ether oxygens (including phenoxy) is 4. The zero-order chi connectivity index (χ0) is 26.0. The number of nitrogens with zero attached hydrogens (tertiary/aromatic N) is 1. The molecule has 2 amide bonds. The average Bonchev–Trinajstić information content (AvgIpc) is 3.22. The van der Waals surface area contributed by atoms with Crippen molar-refractivity contribution in [3.05, 3.63) is 47.3 Å². The van der Waals surface area contributed by atoms with E-state index >= 15 is 0 Å². The summed E-state index contributed by atoms with van der Waals surface area (Å²) in [6.07, 6.45) is 3.64. The van der Waals surface area contributed by atoms with Crippen molar-refractivity contribution in [2.75, 3.05) is 38.9 Å². The van der Waals surface area contributed by atoms with E-state index in [0.717, 1.165) is 43.7 Å². The van der Waals surface area contributed by atoms with Crippen molar-refractivity contribution < 1.29 is 28.1 Å². The highest BCUT2D eigenvalue weighted by atomic mass is 19.1. The first-order valence-electron chi connectivity index (χ1n) is 13.1. The molecule has 1 aliphatic carbocycles. The number of halogens is 1. The van der Waals surface area contributed by atoms with E-state index in [0.29, 0.717) is 24.5 Å². The van der Waals surface area contributed by atoms with Crippen molar-refractivity contribution in [1.29, 1.82) is 0 Å². The lowest BCUT2D eigenvalue weighted by Crippen LogP contribution is -2.52. The van der Waals surface area contributed by atoms with Crippen molar-refractivity contribution in [3.63, 3.8) is 0 Å². The van der Waals surface area contributed by atoms with Gasteiger partial charge in [0.1, 0.15) is 11.6 Å². The SMILES string of the molecule is CCOc1ccc(C23CCC(NC(=O)Nc4cc5c(cc4F)COCO5)CC2N(C)CC3)cc1OCC. The maximum absolute atomic E-state index is 14.6. The molecule has 2 aliphatic heterocycles. The number of amides is 2. The molecular weight excluding hydrogens is 477 g/mol. The van der Waals surface area contributed by atoms with Crippen molar-refractivity contribution in [2.24, 2.45) is 0 Å². The average molecular weight is 514 g/mol. The molecule has 3 atom stereocenters. The van der Waals surface area contributed by atoms with Crippen LogP contribution in [0, 0.1) is 5.82 Å². The van der Waals surface area contributed by atoms with Crippen LogP contribution < -0.4 is 24.8 Å². The van der Waals surface area contributed by atoms with Crippen molar-refractivity contribution in [2.45, 2.75) is 63.6 Å². The predicted molar refractivity (Wildman–Crippen MR) is 138 cm³/mol. The van der Waals surface area contributed by atoms with Gasteiger partial charge in [0.2, 0.25) is 0 Å². The summed E-state index contributed by atoms with van der Waals surface area (Å²) in [5, 5.41) is 5.75. The maximum atomic E-state index is 14.6. The summed E-state index contributed by atoms with van der Waals surface area (Å²) >= 11 is 0. The molecule has 0 radical (unpaired) electrons. The van der Waals surface area contributed by atoms with Gasteiger partial charge in [0.05, 0.1) is 25.5 Å². The third kappa shape index (κ3) is 5.07. The number of anilines is 1. The van der Waals surface area contributed by atoms with Crippen LogP contribution >= 0.6 is 0 Å². The van der Waals surface area contributed by atoms with Crippen LogP contribution in [0.1, 0.15) is 50.7 Å². The van der Waals surface area contributed by atoms with Crippen molar-refractivity contribution in [3.8, 4) is 17.2 Å². The Hall–Kier alpha value is -3.04. The van der Waals surface area contributed by atoms with Crippen molar-refractivity contribution in [1.82, 2.24) is 10.2 Å². The number of likely N-dealkylation sites (tertiary alicyclic amines) is 1. The number of carbonyl (C=O) groups is 1. The Bertz CT molecular complexity index is 1150. The molecular formula is C28H36FN3O5. The third-order valence-corrected chi connectivity index (χ3v) is 7.93. The standard InChI is InChI=1S/C28H36FN3O5/c1-4-35-23-7-6-19(13-25(23)36-5-2)28-9-8-20(14-26(28)32(3)11-10-28)30-27(33)31-22-15-24-18(12-21(22)29)16-34-17-37-24/h6-7,12-13,15,20,26H,4-5,8-11,14,16-17H2,1-3H3,(H2,30,31,33). The fourth-order valence-electron chi connectivity index (χ4n) is 6.15. The number of carbonyl (C=O) groups excluding carboxylic acids is 1. The summed E-state index contributed by atoms with van der Waals surface area (Å²) in [5.41, 5.74) is 1.98. The number of hydrogen-bond donors (Lipinski definition) is 2. The number of urea groups is 1. The first-order valence-corrected chi connectivity index (χ1v) is 13.1. The second-order valence-electron chi connectivity index (χ2n) is 10.1. The molecule has 0 bridgehead atoms. The molecule has 2 fully saturated rings. The van der Waals surface area contributed by atoms with Crippen LogP contribution in [0.4, 0.5) is 14.9 Å². The minimum Gasteiger partial charge on any atom is -0.490 e.